The van der Waals surface area contributed by atoms with Gasteiger partial charge in [-0.1, -0.05) is 23.7 Å². The number of rotatable bonds is 6. The lowest BCUT2D eigenvalue weighted by Crippen LogP contribution is -2.30. The van der Waals surface area contributed by atoms with E-state index in [1.807, 2.05) is 4.72 Å². The summed E-state index contributed by atoms with van der Waals surface area (Å²) >= 11 is 5.79. The summed E-state index contributed by atoms with van der Waals surface area (Å²) in [4.78, 5) is 27.1. The van der Waals surface area contributed by atoms with Crippen LogP contribution in [-0.2, 0) is 14.8 Å². The maximum Gasteiger partial charge on any atom is 0.265 e. The Morgan fingerprint density at radius 2 is 1.96 bits per heavy atom. The number of nitrogens with zero attached hydrogens (tertiary/aromatic N) is 2. The first-order chi connectivity index (χ1) is 11.8. The molecule has 0 aliphatic rings. The molecule has 0 fully saturated rings. The van der Waals surface area contributed by atoms with Crippen LogP contribution in [0, 0.1) is 11.3 Å². The monoisotopic (exact) mass is 377 g/mol. The number of nitrogens with one attached hydrogen (secondary N) is 1. The van der Waals surface area contributed by atoms with Crippen molar-refractivity contribution < 1.29 is 18.0 Å². The number of aromatic nitrogens is 1. The fourth-order valence-electron chi connectivity index (χ4n) is 1.92. The largest absolute Gasteiger partial charge is 0.294 e. The molecule has 0 saturated carbocycles. The van der Waals surface area contributed by atoms with Crippen LogP contribution >= 0.6 is 11.6 Å². The first kappa shape index (κ1) is 18.6. The van der Waals surface area contributed by atoms with Gasteiger partial charge in [0.05, 0.1) is 5.56 Å². The normalized spacial score (nSPS) is 10.7. The Balaban J connectivity index is 1.99. The Hall–Kier alpha value is -2.76. The predicted molar refractivity (Wildman–Crippen MR) is 89.3 cm³/mol. The molecule has 0 aliphatic heterocycles. The maximum absolute atomic E-state index is 12.1. The number of Topliss-reactive ketones (excluding diaryl/α,β-unsaturated/α-hetero) is 1. The molecule has 1 aromatic carbocycles. The third-order valence-electron chi connectivity index (χ3n) is 3.13. The van der Waals surface area contributed by atoms with Gasteiger partial charge < -0.3 is 0 Å². The standard InChI is InChI=1S/C16H12ClN3O4S/c17-13-3-1-2-12(7-13)15(21)4-5-16(22)20-25(23,24)14-6-11(8-18)9-19-10-14/h1-3,6-7,9-10H,4-5H2,(H,20,22). The number of sulfonamides is 1. The molecule has 1 amide bonds. The minimum atomic E-state index is -4.16. The number of hydrogen-bond acceptors (Lipinski definition) is 6. The van der Waals surface area contributed by atoms with Crippen LogP contribution < -0.4 is 4.72 Å². The first-order valence-electron chi connectivity index (χ1n) is 7.01. The molecular formula is C16H12ClN3O4S. The number of ketones is 1. The van der Waals surface area contributed by atoms with Crippen molar-refractivity contribution in [1.29, 1.82) is 5.26 Å². The zero-order valence-corrected chi connectivity index (χ0v) is 14.3. The van der Waals surface area contributed by atoms with Crippen LogP contribution in [0.3, 0.4) is 0 Å². The Morgan fingerprint density at radius 1 is 1.20 bits per heavy atom. The topological polar surface area (TPSA) is 117 Å². The van der Waals surface area contributed by atoms with E-state index in [2.05, 4.69) is 4.98 Å². The minimum absolute atomic E-state index is 0.0476. The summed E-state index contributed by atoms with van der Waals surface area (Å²) in [5.74, 6) is -1.17. The molecule has 0 atom stereocenters. The van der Waals surface area contributed by atoms with E-state index in [1.165, 1.54) is 12.3 Å². The van der Waals surface area contributed by atoms with Crippen LogP contribution in [0.5, 0.6) is 0 Å². The average Bonchev–Trinajstić information content (AvgIpc) is 2.59. The molecule has 7 nitrogen and oxygen atoms in total. The fourth-order valence-corrected chi connectivity index (χ4v) is 3.11. The molecule has 1 heterocycles. The number of nitriles is 1. The van der Waals surface area contributed by atoms with Crippen LogP contribution in [0.25, 0.3) is 0 Å². The van der Waals surface area contributed by atoms with E-state index >= 15 is 0 Å². The Labute approximate surface area is 149 Å². The van der Waals surface area contributed by atoms with Crippen molar-refractivity contribution in [2.75, 3.05) is 0 Å². The molecule has 1 aromatic heterocycles. The van der Waals surface area contributed by atoms with Gasteiger partial charge in [-0.05, 0) is 18.2 Å². The summed E-state index contributed by atoms with van der Waals surface area (Å²) in [6, 6.07) is 9.10. The molecule has 2 rings (SSSR count). The molecule has 0 bridgehead atoms. The molecule has 0 radical (unpaired) electrons. The van der Waals surface area contributed by atoms with E-state index in [1.54, 1.807) is 24.3 Å². The Kier molecular flexibility index (Phi) is 5.85. The van der Waals surface area contributed by atoms with E-state index < -0.39 is 15.9 Å². The van der Waals surface area contributed by atoms with Gasteiger partial charge in [0, 0.05) is 35.8 Å². The molecule has 2 aromatic rings. The molecule has 128 valence electrons. The van der Waals surface area contributed by atoms with Gasteiger partial charge in [0.1, 0.15) is 11.0 Å². The highest BCUT2D eigenvalue weighted by molar-refractivity contribution is 7.90. The summed E-state index contributed by atoms with van der Waals surface area (Å²) in [6.45, 7) is 0. The minimum Gasteiger partial charge on any atom is -0.294 e. The summed E-state index contributed by atoms with van der Waals surface area (Å²) in [7, 11) is -4.16. The van der Waals surface area contributed by atoms with Crippen molar-refractivity contribution in [3.05, 3.63) is 58.9 Å². The van der Waals surface area contributed by atoms with E-state index in [9.17, 15) is 18.0 Å². The van der Waals surface area contributed by atoms with Gasteiger partial charge in [0.15, 0.2) is 5.78 Å². The Bertz CT molecular complexity index is 967. The number of carbonyl (C=O) groups excluding carboxylic acids is 2. The van der Waals surface area contributed by atoms with Gasteiger partial charge in [-0.2, -0.15) is 5.26 Å². The lowest BCUT2D eigenvalue weighted by Gasteiger charge is -2.07. The van der Waals surface area contributed by atoms with E-state index in [0.717, 1.165) is 12.3 Å². The van der Waals surface area contributed by atoms with Crippen molar-refractivity contribution in [3.8, 4) is 6.07 Å². The third-order valence-corrected chi connectivity index (χ3v) is 4.70. The molecule has 0 spiro atoms. The number of carbonyl (C=O) groups is 2. The SMILES string of the molecule is N#Cc1cncc(S(=O)(=O)NC(=O)CCC(=O)c2cccc(Cl)c2)c1. The lowest BCUT2D eigenvalue weighted by molar-refractivity contribution is -0.119. The maximum atomic E-state index is 12.1. The highest BCUT2D eigenvalue weighted by Gasteiger charge is 2.19. The first-order valence-corrected chi connectivity index (χ1v) is 8.87. The molecular weight excluding hydrogens is 366 g/mol. The molecule has 0 unspecified atom stereocenters. The van der Waals surface area contributed by atoms with Crippen LogP contribution in [0.2, 0.25) is 5.02 Å². The van der Waals surface area contributed by atoms with Gasteiger partial charge in [-0.3, -0.25) is 14.6 Å². The van der Waals surface area contributed by atoms with Crippen LogP contribution in [-0.4, -0.2) is 25.1 Å². The highest BCUT2D eigenvalue weighted by atomic mass is 35.5. The van der Waals surface area contributed by atoms with Crippen LogP contribution in [0.4, 0.5) is 0 Å². The molecule has 0 saturated heterocycles. The second kappa shape index (κ2) is 7.88. The van der Waals surface area contributed by atoms with Crippen molar-refractivity contribution in [2.45, 2.75) is 17.7 Å². The van der Waals surface area contributed by atoms with Crippen molar-refractivity contribution >= 4 is 33.3 Å². The van der Waals surface area contributed by atoms with Gasteiger partial charge in [-0.25, -0.2) is 13.1 Å². The van der Waals surface area contributed by atoms with Gasteiger partial charge >= 0.3 is 0 Å². The fraction of sp³-hybridized carbons (Fsp3) is 0.125. The number of amides is 1. The lowest BCUT2D eigenvalue weighted by atomic mass is 10.1. The van der Waals surface area contributed by atoms with Crippen LogP contribution in [0.15, 0.2) is 47.6 Å². The highest BCUT2D eigenvalue weighted by Crippen LogP contribution is 2.14. The van der Waals surface area contributed by atoms with E-state index in [0.29, 0.717) is 10.6 Å². The number of pyridine rings is 1. The van der Waals surface area contributed by atoms with Gasteiger partial charge in [-0.15, -0.1) is 0 Å². The average molecular weight is 378 g/mol. The predicted octanol–water partition coefficient (Wildman–Crippen LogP) is 2.07. The molecule has 9 heteroatoms. The second-order valence-corrected chi connectivity index (χ2v) is 7.10. The van der Waals surface area contributed by atoms with E-state index in [-0.39, 0.29) is 29.1 Å². The second-order valence-electron chi connectivity index (χ2n) is 4.98. The van der Waals surface area contributed by atoms with Crippen molar-refractivity contribution in [1.82, 2.24) is 9.71 Å². The molecule has 1 N–H and O–H groups in total. The third kappa shape index (κ3) is 5.11. The van der Waals surface area contributed by atoms with E-state index in [4.69, 9.17) is 16.9 Å². The summed E-state index contributed by atoms with van der Waals surface area (Å²) in [5.41, 5.74) is 0.389. The number of hydrogen-bond donors (Lipinski definition) is 1. The zero-order chi connectivity index (χ0) is 18.4. The zero-order valence-electron chi connectivity index (χ0n) is 12.8. The molecule has 0 aliphatic carbocycles. The van der Waals surface area contributed by atoms with Crippen molar-refractivity contribution in [2.24, 2.45) is 0 Å². The Morgan fingerprint density at radius 3 is 2.64 bits per heavy atom. The quantitative estimate of drug-likeness (QED) is 0.770. The molecule has 25 heavy (non-hydrogen) atoms. The van der Waals surface area contributed by atoms with Gasteiger partial charge in [0.25, 0.3) is 10.0 Å². The summed E-state index contributed by atoms with van der Waals surface area (Å²) < 4.78 is 26.0. The van der Waals surface area contributed by atoms with Crippen molar-refractivity contribution in [3.63, 3.8) is 0 Å². The van der Waals surface area contributed by atoms with Crippen LogP contribution in [0.1, 0.15) is 28.8 Å². The number of benzene rings is 1. The summed E-state index contributed by atoms with van der Waals surface area (Å²) in [5, 5.41) is 9.16. The smallest absolute Gasteiger partial charge is 0.265 e. The summed E-state index contributed by atoms with van der Waals surface area (Å²) in [6.07, 6.45) is 1.74. The van der Waals surface area contributed by atoms with Gasteiger partial charge in [0.2, 0.25) is 5.91 Å². The number of halogens is 1.